The summed E-state index contributed by atoms with van der Waals surface area (Å²) < 4.78 is 40.9. The molecule has 28 heavy (non-hydrogen) atoms. The Morgan fingerprint density at radius 3 is 2.39 bits per heavy atom. The monoisotopic (exact) mass is 424 g/mol. The number of nitrogens with one attached hydrogen (secondary N) is 1. The van der Waals surface area contributed by atoms with Crippen LogP contribution < -0.4 is 5.32 Å². The van der Waals surface area contributed by atoms with Crippen LogP contribution >= 0.6 is 11.6 Å². The molecular formula is C20H22ClFN2O3S. The van der Waals surface area contributed by atoms with Gasteiger partial charge in [0.15, 0.2) is 0 Å². The normalized spacial score (nSPS) is 15.6. The molecule has 0 atom stereocenters. The number of sulfonamides is 1. The maximum atomic E-state index is 13.8. The van der Waals surface area contributed by atoms with Crippen molar-refractivity contribution in [2.24, 2.45) is 0 Å². The highest BCUT2D eigenvalue weighted by Crippen LogP contribution is 2.27. The zero-order chi connectivity index (χ0) is 20.3. The summed E-state index contributed by atoms with van der Waals surface area (Å²) in [5.74, 6) is -1.16. The van der Waals surface area contributed by atoms with Crippen molar-refractivity contribution in [3.8, 4) is 0 Å². The van der Waals surface area contributed by atoms with E-state index in [9.17, 15) is 17.6 Å². The van der Waals surface area contributed by atoms with Crippen molar-refractivity contribution in [1.82, 2.24) is 4.31 Å². The summed E-state index contributed by atoms with van der Waals surface area (Å²) in [7, 11) is -2.02. The fraction of sp³-hybridized carbons (Fsp3) is 0.350. The molecule has 150 valence electrons. The Balaban J connectivity index is 1.75. The van der Waals surface area contributed by atoms with E-state index in [1.807, 2.05) is 0 Å². The molecule has 0 aliphatic heterocycles. The summed E-state index contributed by atoms with van der Waals surface area (Å²) in [5.41, 5.74) is 0.185. The summed E-state index contributed by atoms with van der Waals surface area (Å²) in [5, 5.41) is 2.74. The van der Waals surface area contributed by atoms with E-state index in [0.29, 0.717) is 5.02 Å². The molecule has 1 amide bonds. The number of nitrogens with zero attached hydrogens (tertiary/aromatic N) is 1. The highest BCUT2D eigenvalue weighted by molar-refractivity contribution is 7.89. The molecule has 1 fully saturated rings. The lowest BCUT2D eigenvalue weighted by molar-refractivity contribution is 0.102. The predicted molar refractivity (Wildman–Crippen MR) is 108 cm³/mol. The second-order valence-corrected chi connectivity index (χ2v) is 9.35. The third-order valence-electron chi connectivity index (χ3n) is 5.06. The van der Waals surface area contributed by atoms with Crippen LogP contribution in [0.2, 0.25) is 5.02 Å². The maximum absolute atomic E-state index is 13.8. The van der Waals surface area contributed by atoms with E-state index in [1.54, 1.807) is 7.05 Å². The maximum Gasteiger partial charge on any atom is 0.255 e. The number of carbonyl (C=O) groups excluding carboxylic acids is 1. The van der Waals surface area contributed by atoms with E-state index in [-0.39, 0.29) is 22.2 Å². The molecule has 0 saturated heterocycles. The number of carbonyl (C=O) groups is 1. The van der Waals surface area contributed by atoms with Crippen LogP contribution in [-0.2, 0) is 10.0 Å². The van der Waals surface area contributed by atoms with Crippen molar-refractivity contribution in [2.45, 2.75) is 43.0 Å². The van der Waals surface area contributed by atoms with E-state index >= 15 is 0 Å². The Bertz CT molecular complexity index is 958. The summed E-state index contributed by atoms with van der Waals surface area (Å²) in [6, 6.07) is 9.50. The Hall–Kier alpha value is -1.96. The van der Waals surface area contributed by atoms with Crippen molar-refractivity contribution in [3.63, 3.8) is 0 Å². The molecule has 1 aliphatic rings. The molecule has 1 N–H and O–H groups in total. The van der Waals surface area contributed by atoms with Gasteiger partial charge in [0, 0.05) is 23.7 Å². The number of rotatable bonds is 5. The van der Waals surface area contributed by atoms with Gasteiger partial charge in [-0.1, -0.05) is 30.9 Å². The second-order valence-electron chi connectivity index (χ2n) is 6.92. The van der Waals surface area contributed by atoms with Gasteiger partial charge in [-0.25, -0.2) is 12.8 Å². The number of anilines is 1. The van der Waals surface area contributed by atoms with Gasteiger partial charge < -0.3 is 5.32 Å². The summed E-state index contributed by atoms with van der Waals surface area (Å²) in [4.78, 5) is 12.5. The first kappa shape index (κ1) is 20.8. The predicted octanol–water partition coefficient (Wildman–Crippen LogP) is 4.68. The van der Waals surface area contributed by atoms with E-state index < -0.39 is 21.7 Å². The second kappa shape index (κ2) is 8.59. The fourth-order valence-corrected chi connectivity index (χ4v) is 4.96. The van der Waals surface area contributed by atoms with Crippen molar-refractivity contribution >= 4 is 33.2 Å². The van der Waals surface area contributed by atoms with Crippen molar-refractivity contribution in [2.75, 3.05) is 12.4 Å². The summed E-state index contributed by atoms with van der Waals surface area (Å²) in [6.07, 6.45) is 4.93. The Morgan fingerprint density at radius 2 is 1.75 bits per heavy atom. The molecule has 0 unspecified atom stereocenters. The third kappa shape index (κ3) is 4.54. The van der Waals surface area contributed by atoms with Crippen LogP contribution in [0, 0.1) is 5.82 Å². The molecule has 0 aromatic heterocycles. The molecule has 3 rings (SSSR count). The summed E-state index contributed by atoms with van der Waals surface area (Å²) >= 11 is 5.82. The Kier molecular flexibility index (Phi) is 6.37. The topological polar surface area (TPSA) is 66.5 Å². The van der Waals surface area contributed by atoms with Gasteiger partial charge in [-0.15, -0.1) is 0 Å². The van der Waals surface area contributed by atoms with Crippen LogP contribution in [0.1, 0.15) is 42.5 Å². The minimum Gasteiger partial charge on any atom is -0.319 e. The zero-order valence-electron chi connectivity index (χ0n) is 15.5. The Morgan fingerprint density at radius 1 is 1.11 bits per heavy atom. The van der Waals surface area contributed by atoms with Gasteiger partial charge in [0.1, 0.15) is 5.82 Å². The van der Waals surface area contributed by atoms with E-state index in [1.165, 1.54) is 40.7 Å². The lowest BCUT2D eigenvalue weighted by atomic mass is 9.96. The highest BCUT2D eigenvalue weighted by Gasteiger charge is 2.29. The first-order chi connectivity index (χ1) is 13.3. The lowest BCUT2D eigenvalue weighted by Gasteiger charge is -2.30. The van der Waals surface area contributed by atoms with Gasteiger partial charge in [-0.3, -0.25) is 4.79 Å². The van der Waals surface area contributed by atoms with Crippen LogP contribution in [0.3, 0.4) is 0 Å². The average molecular weight is 425 g/mol. The molecule has 0 radical (unpaired) electrons. The van der Waals surface area contributed by atoms with Crippen molar-refractivity contribution in [1.29, 1.82) is 0 Å². The van der Waals surface area contributed by atoms with Crippen LogP contribution in [0.25, 0.3) is 0 Å². The van der Waals surface area contributed by atoms with Gasteiger partial charge >= 0.3 is 0 Å². The quantitative estimate of drug-likeness (QED) is 0.757. The molecule has 5 nitrogen and oxygen atoms in total. The molecule has 2 aromatic rings. The van der Waals surface area contributed by atoms with Gasteiger partial charge in [-0.05, 0) is 55.3 Å². The van der Waals surface area contributed by atoms with Gasteiger partial charge in [0.05, 0.1) is 10.6 Å². The molecule has 2 aromatic carbocycles. The molecule has 1 aliphatic carbocycles. The molecule has 0 heterocycles. The molecule has 1 saturated carbocycles. The number of hydrogen-bond acceptors (Lipinski definition) is 3. The molecule has 0 bridgehead atoms. The first-order valence-electron chi connectivity index (χ1n) is 9.13. The SMILES string of the molecule is CN(C1CCCCC1)S(=O)(=O)c1ccc(C(=O)Nc2cc(Cl)ccc2F)cc1. The van der Waals surface area contributed by atoms with Gasteiger partial charge in [0.25, 0.3) is 5.91 Å². The number of hydrogen-bond donors (Lipinski definition) is 1. The van der Waals surface area contributed by atoms with E-state index in [2.05, 4.69) is 5.32 Å². The highest BCUT2D eigenvalue weighted by atomic mass is 35.5. The Labute approximate surface area is 169 Å². The van der Waals surface area contributed by atoms with Crippen LogP contribution in [0.4, 0.5) is 10.1 Å². The minimum atomic E-state index is -3.63. The average Bonchev–Trinajstić information content (AvgIpc) is 2.71. The first-order valence-corrected chi connectivity index (χ1v) is 11.0. The number of halogens is 2. The molecular weight excluding hydrogens is 403 g/mol. The smallest absolute Gasteiger partial charge is 0.255 e. The number of benzene rings is 2. The van der Waals surface area contributed by atoms with Crippen molar-refractivity contribution in [3.05, 3.63) is 58.9 Å². The van der Waals surface area contributed by atoms with Crippen LogP contribution in [0.5, 0.6) is 0 Å². The van der Waals surface area contributed by atoms with E-state index in [4.69, 9.17) is 11.6 Å². The minimum absolute atomic E-state index is 0.00697. The van der Waals surface area contributed by atoms with Crippen LogP contribution in [-0.4, -0.2) is 31.7 Å². The third-order valence-corrected chi connectivity index (χ3v) is 7.22. The number of amides is 1. The van der Waals surface area contributed by atoms with Crippen molar-refractivity contribution < 1.29 is 17.6 Å². The largest absolute Gasteiger partial charge is 0.319 e. The van der Waals surface area contributed by atoms with E-state index in [0.717, 1.165) is 38.2 Å². The van der Waals surface area contributed by atoms with Crippen LogP contribution in [0.15, 0.2) is 47.4 Å². The summed E-state index contributed by atoms with van der Waals surface area (Å²) in [6.45, 7) is 0. The molecule has 8 heteroatoms. The molecule has 0 spiro atoms. The standard InChI is InChI=1S/C20H22ClFN2O3S/c1-24(16-5-3-2-4-6-16)28(26,27)17-10-7-14(8-11-17)20(25)23-19-13-15(21)9-12-18(19)22/h7-13,16H,2-6H2,1H3,(H,23,25). The van der Waals surface area contributed by atoms with Gasteiger partial charge in [-0.2, -0.15) is 4.31 Å². The van der Waals surface area contributed by atoms with Gasteiger partial charge in [0.2, 0.25) is 10.0 Å². The fourth-order valence-electron chi connectivity index (χ4n) is 3.37. The zero-order valence-corrected chi connectivity index (χ0v) is 17.1. The lowest BCUT2D eigenvalue weighted by Crippen LogP contribution is -2.38.